The van der Waals surface area contributed by atoms with Gasteiger partial charge in [0, 0.05) is 36.5 Å². The standard InChI is InChI=1S/C22H22N2O2/c1-3-4-11-21-19(18-10-5-6-12-20(18)26-21)15-24(2)22(25)17-9-7-8-16(13-17)14-23/h5-10,12-13H,3-4,11,15H2,1-2H3. The summed E-state index contributed by atoms with van der Waals surface area (Å²) in [6.07, 6.45) is 3.01. The molecule has 0 aliphatic rings. The van der Waals surface area contributed by atoms with Crippen molar-refractivity contribution in [1.82, 2.24) is 4.90 Å². The predicted molar refractivity (Wildman–Crippen MR) is 102 cm³/mol. The number of carbonyl (C=O) groups excluding carboxylic acids is 1. The Hall–Kier alpha value is -3.06. The number of fused-ring (bicyclic) bond motifs is 1. The van der Waals surface area contributed by atoms with Crippen LogP contribution in [0.5, 0.6) is 0 Å². The van der Waals surface area contributed by atoms with Crippen molar-refractivity contribution >= 4 is 16.9 Å². The van der Waals surface area contributed by atoms with Crippen molar-refractivity contribution in [3.8, 4) is 6.07 Å². The Balaban J connectivity index is 1.89. The smallest absolute Gasteiger partial charge is 0.253 e. The van der Waals surface area contributed by atoms with Crippen LogP contribution in [-0.4, -0.2) is 17.9 Å². The van der Waals surface area contributed by atoms with Crippen LogP contribution >= 0.6 is 0 Å². The minimum absolute atomic E-state index is 0.103. The molecule has 0 aliphatic carbocycles. The third-order valence-corrected chi connectivity index (χ3v) is 4.52. The van der Waals surface area contributed by atoms with E-state index in [1.165, 1.54) is 0 Å². The third kappa shape index (κ3) is 3.62. The Morgan fingerprint density at radius 3 is 2.77 bits per heavy atom. The maximum atomic E-state index is 12.8. The zero-order valence-corrected chi connectivity index (χ0v) is 15.2. The average molecular weight is 346 g/mol. The van der Waals surface area contributed by atoms with Gasteiger partial charge >= 0.3 is 0 Å². The molecule has 3 rings (SSSR count). The molecule has 0 saturated carbocycles. The minimum atomic E-state index is -0.103. The first-order valence-electron chi connectivity index (χ1n) is 8.89. The van der Waals surface area contributed by atoms with Crippen molar-refractivity contribution < 1.29 is 9.21 Å². The lowest BCUT2D eigenvalue weighted by atomic mass is 10.1. The Kier molecular flexibility index (Phi) is 5.38. The lowest BCUT2D eigenvalue weighted by Crippen LogP contribution is -2.26. The number of hydrogen-bond donors (Lipinski definition) is 0. The summed E-state index contributed by atoms with van der Waals surface area (Å²) in [6.45, 7) is 2.63. The van der Waals surface area contributed by atoms with Gasteiger partial charge in [-0.15, -0.1) is 0 Å². The van der Waals surface area contributed by atoms with Gasteiger partial charge in [-0.25, -0.2) is 0 Å². The van der Waals surface area contributed by atoms with Crippen molar-refractivity contribution in [2.24, 2.45) is 0 Å². The average Bonchev–Trinajstić information content (AvgIpc) is 3.03. The highest BCUT2D eigenvalue weighted by Crippen LogP contribution is 2.28. The molecule has 1 amide bonds. The number of unbranched alkanes of at least 4 members (excludes halogenated alkanes) is 1. The molecule has 0 spiro atoms. The molecule has 1 aromatic heterocycles. The normalized spacial score (nSPS) is 10.7. The first-order valence-corrected chi connectivity index (χ1v) is 8.89. The van der Waals surface area contributed by atoms with Crippen LogP contribution in [0.2, 0.25) is 0 Å². The molecule has 4 nitrogen and oxygen atoms in total. The summed E-state index contributed by atoms with van der Waals surface area (Å²) in [5.41, 5.74) is 2.94. The van der Waals surface area contributed by atoms with Gasteiger partial charge in [-0.05, 0) is 30.7 Å². The Labute approximate surface area is 153 Å². The third-order valence-electron chi connectivity index (χ3n) is 4.52. The number of para-hydroxylation sites is 1. The van der Waals surface area contributed by atoms with E-state index < -0.39 is 0 Å². The van der Waals surface area contributed by atoms with Gasteiger partial charge in [0.2, 0.25) is 0 Å². The lowest BCUT2D eigenvalue weighted by molar-refractivity contribution is 0.0785. The van der Waals surface area contributed by atoms with E-state index in [4.69, 9.17) is 9.68 Å². The second-order valence-electron chi connectivity index (χ2n) is 6.46. The quantitative estimate of drug-likeness (QED) is 0.636. The van der Waals surface area contributed by atoms with Gasteiger partial charge in [0.25, 0.3) is 5.91 Å². The fraction of sp³-hybridized carbons (Fsp3) is 0.273. The first-order chi connectivity index (χ1) is 12.6. The molecule has 1 heterocycles. The molecule has 0 atom stereocenters. The topological polar surface area (TPSA) is 57.2 Å². The zero-order chi connectivity index (χ0) is 18.5. The number of rotatable bonds is 6. The molecule has 0 aliphatic heterocycles. The summed E-state index contributed by atoms with van der Waals surface area (Å²) in [4.78, 5) is 14.5. The van der Waals surface area contributed by atoms with Crippen LogP contribution in [0.25, 0.3) is 11.0 Å². The van der Waals surface area contributed by atoms with Crippen molar-refractivity contribution in [3.05, 3.63) is 71.0 Å². The fourth-order valence-corrected chi connectivity index (χ4v) is 3.11. The molecule has 0 N–H and O–H groups in total. The van der Waals surface area contributed by atoms with E-state index >= 15 is 0 Å². The molecular weight excluding hydrogens is 324 g/mol. The van der Waals surface area contributed by atoms with Crippen LogP contribution in [0, 0.1) is 11.3 Å². The number of furan rings is 1. The van der Waals surface area contributed by atoms with Crippen LogP contribution in [-0.2, 0) is 13.0 Å². The molecule has 26 heavy (non-hydrogen) atoms. The molecule has 0 bridgehead atoms. The molecular formula is C22H22N2O2. The molecule has 0 saturated heterocycles. The Bertz CT molecular complexity index is 966. The van der Waals surface area contributed by atoms with Crippen molar-refractivity contribution in [1.29, 1.82) is 5.26 Å². The lowest BCUT2D eigenvalue weighted by Gasteiger charge is -2.18. The van der Waals surface area contributed by atoms with Gasteiger partial charge in [-0.2, -0.15) is 5.26 Å². The summed E-state index contributed by atoms with van der Waals surface area (Å²) in [5, 5.41) is 10.1. The maximum absolute atomic E-state index is 12.8. The highest BCUT2D eigenvalue weighted by Gasteiger charge is 2.19. The summed E-state index contributed by atoms with van der Waals surface area (Å²) in [7, 11) is 1.78. The van der Waals surface area contributed by atoms with Crippen molar-refractivity contribution in [2.75, 3.05) is 7.05 Å². The minimum Gasteiger partial charge on any atom is -0.461 e. The van der Waals surface area contributed by atoms with E-state index in [0.717, 1.165) is 41.6 Å². The number of aryl methyl sites for hydroxylation is 1. The number of carbonyl (C=O) groups is 1. The number of benzene rings is 2. The summed E-state index contributed by atoms with van der Waals surface area (Å²) >= 11 is 0. The monoisotopic (exact) mass is 346 g/mol. The first kappa shape index (κ1) is 17.8. The summed E-state index contributed by atoms with van der Waals surface area (Å²) in [6, 6.07) is 16.8. The number of nitriles is 1. The summed E-state index contributed by atoms with van der Waals surface area (Å²) in [5.74, 6) is 0.854. The second kappa shape index (κ2) is 7.88. The van der Waals surface area contributed by atoms with Gasteiger partial charge in [-0.3, -0.25) is 4.79 Å². The summed E-state index contributed by atoms with van der Waals surface area (Å²) < 4.78 is 6.04. The number of amides is 1. The second-order valence-corrected chi connectivity index (χ2v) is 6.46. The van der Waals surface area contributed by atoms with Crippen molar-refractivity contribution in [3.63, 3.8) is 0 Å². The van der Waals surface area contributed by atoms with E-state index in [1.807, 2.05) is 24.3 Å². The highest BCUT2D eigenvalue weighted by atomic mass is 16.3. The van der Waals surface area contributed by atoms with E-state index in [2.05, 4.69) is 13.0 Å². The number of hydrogen-bond acceptors (Lipinski definition) is 3. The van der Waals surface area contributed by atoms with E-state index in [0.29, 0.717) is 17.7 Å². The molecule has 0 radical (unpaired) electrons. The van der Waals surface area contributed by atoms with E-state index in [9.17, 15) is 4.79 Å². The molecule has 0 fully saturated rings. The van der Waals surface area contributed by atoms with Crippen LogP contribution in [0.1, 0.15) is 47.0 Å². The molecule has 2 aromatic carbocycles. The van der Waals surface area contributed by atoms with Crippen LogP contribution in [0.4, 0.5) is 0 Å². The van der Waals surface area contributed by atoms with Gasteiger partial charge in [-0.1, -0.05) is 37.6 Å². The van der Waals surface area contributed by atoms with E-state index in [1.54, 1.807) is 36.2 Å². The van der Waals surface area contributed by atoms with E-state index in [-0.39, 0.29) is 5.91 Å². The van der Waals surface area contributed by atoms with Crippen LogP contribution in [0.3, 0.4) is 0 Å². The Morgan fingerprint density at radius 2 is 2.00 bits per heavy atom. The van der Waals surface area contributed by atoms with Gasteiger partial charge in [0.05, 0.1) is 11.6 Å². The molecule has 0 unspecified atom stereocenters. The molecule has 4 heteroatoms. The molecule has 3 aromatic rings. The SMILES string of the molecule is CCCCc1oc2ccccc2c1CN(C)C(=O)c1cccc(C#N)c1. The predicted octanol–water partition coefficient (Wildman–Crippen LogP) is 4.92. The highest BCUT2D eigenvalue weighted by molar-refractivity contribution is 5.94. The van der Waals surface area contributed by atoms with Crippen molar-refractivity contribution in [2.45, 2.75) is 32.7 Å². The van der Waals surface area contributed by atoms with Gasteiger partial charge in [0.15, 0.2) is 0 Å². The maximum Gasteiger partial charge on any atom is 0.253 e. The van der Waals surface area contributed by atoms with Crippen LogP contribution in [0.15, 0.2) is 52.9 Å². The number of nitrogens with zero attached hydrogens (tertiary/aromatic N) is 2. The largest absolute Gasteiger partial charge is 0.461 e. The van der Waals surface area contributed by atoms with Crippen LogP contribution < -0.4 is 0 Å². The zero-order valence-electron chi connectivity index (χ0n) is 15.2. The fourth-order valence-electron chi connectivity index (χ4n) is 3.11. The van der Waals surface area contributed by atoms with Gasteiger partial charge < -0.3 is 9.32 Å². The van der Waals surface area contributed by atoms with Gasteiger partial charge in [0.1, 0.15) is 11.3 Å². The molecule has 132 valence electrons. The Morgan fingerprint density at radius 1 is 1.19 bits per heavy atom.